The molecule has 6 nitrogen and oxygen atoms in total. The summed E-state index contributed by atoms with van der Waals surface area (Å²) in [6, 6.07) is 0. The first-order chi connectivity index (χ1) is 9.35. The summed E-state index contributed by atoms with van der Waals surface area (Å²) in [6.45, 7) is 7.59. The number of aliphatic carboxylic acids is 1. The van der Waals surface area contributed by atoms with Gasteiger partial charge in [0.1, 0.15) is 0 Å². The first-order valence-corrected chi connectivity index (χ1v) is 7.14. The van der Waals surface area contributed by atoms with Gasteiger partial charge in [0.15, 0.2) is 5.60 Å². The van der Waals surface area contributed by atoms with E-state index in [9.17, 15) is 9.59 Å². The second-order valence-electron chi connectivity index (χ2n) is 5.56. The van der Waals surface area contributed by atoms with Crippen molar-refractivity contribution >= 4 is 11.9 Å². The zero-order valence-electron chi connectivity index (χ0n) is 12.6. The summed E-state index contributed by atoms with van der Waals surface area (Å²) in [4.78, 5) is 24.5. The van der Waals surface area contributed by atoms with Crippen LogP contribution in [0.2, 0.25) is 0 Å². The molecule has 1 N–H and O–H groups in total. The Balaban J connectivity index is 2.46. The highest BCUT2D eigenvalue weighted by molar-refractivity contribution is 5.78. The molecular formula is C14H25NO5. The predicted octanol–water partition coefficient (Wildman–Crippen LogP) is 1.28. The number of likely N-dealkylation sites (tertiary alicyclic amines) is 1. The van der Waals surface area contributed by atoms with Crippen molar-refractivity contribution < 1.29 is 24.2 Å². The van der Waals surface area contributed by atoms with Gasteiger partial charge in [-0.25, -0.2) is 4.79 Å². The number of hydrogen-bond donors (Lipinski definition) is 1. The molecule has 1 atom stereocenters. The maximum atomic E-state index is 11.8. The fraction of sp³-hybridized carbons (Fsp3) is 0.857. The molecule has 20 heavy (non-hydrogen) atoms. The molecule has 116 valence electrons. The Labute approximate surface area is 120 Å². The lowest BCUT2D eigenvalue weighted by atomic mass is 10.1. The van der Waals surface area contributed by atoms with E-state index in [4.69, 9.17) is 14.6 Å². The van der Waals surface area contributed by atoms with Crippen LogP contribution in [0.3, 0.4) is 0 Å². The van der Waals surface area contributed by atoms with Crippen LogP contribution in [-0.4, -0.2) is 59.9 Å². The third-order valence-corrected chi connectivity index (χ3v) is 3.33. The van der Waals surface area contributed by atoms with E-state index in [-0.39, 0.29) is 18.5 Å². The molecule has 0 bridgehead atoms. The molecule has 0 aromatic rings. The molecule has 0 aromatic carbocycles. The largest absolute Gasteiger partial charge is 0.481 e. The highest BCUT2D eigenvalue weighted by Crippen LogP contribution is 2.21. The minimum atomic E-state index is -0.962. The number of hydrogen-bond acceptors (Lipinski definition) is 5. The van der Waals surface area contributed by atoms with Crippen LogP contribution in [0.1, 0.15) is 40.0 Å². The zero-order chi connectivity index (χ0) is 15.2. The third-order valence-electron chi connectivity index (χ3n) is 3.33. The molecule has 0 radical (unpaired) electrons. The monoisotopic (exact) mass is 287 g/mol. The Morgan fingerprint density at radius 1 is 1.40 bits per heavy atom. The lowest BCUT2D eigenvalue weighted by molar-refractivity contribution is -0.177. The van der Waals surface area contributed by atoms with E-state index in [0.717, 1.165) is 19.4 Å². The van der Waals surface area contributed by atoms with Gasteiger partial charge in [-0.1, -0.05) is 0 Å². The fourth-order valence-corrected chi connectivity index (χ4v) is 2.34. The summed E-state index contributed by atoms with van der Waals surface area (Å²) in [7, 11) is 0. The lowest BCUT2D eigenvalue weighted by Gasteiger charge is -2.36. The summed E-state index contributed by atoms with van der Waals surface area (Å²) in [5.41, 5.74) is -0.962. The topological polar surface area (TPSA) is 76.1 Å². The summed E-state index contributed by atoms with van der Waals surface area (Å²) >= 11 is 0. The predicted molar refractivity (Wildman–Crippen MR) is 73.5 cm³/mol. The summed E-state index contributed by atoms with van der Waals surface area (Å²) in [5, 5.41) is 8.71. The van der Waals surface area contributed by atoms with Gasteiger partial charge < -0.3 is 19.5 Å². The van der Waals surface area contributed by atoms with Gasteiger partial charge in [-0.15, -0.1) is 0 Å². The molecule has 1 fully saturated rings. The quantitative estimate of drug-likeness (QED) is 0.711. The Bertz CT molecular complexity index is 342. The van der Waals surface area contributed by atoms with E-state index >= 15 is 0 Å². The number of carboxylic acid groups (broad SMARTS) is 1. The molecule has 0 spiro atoms. The normalized spacial score (nSPS) is 20.6. The van der Waals surface area contributed by atoms with Crippen LogP contribution in [0.25, 0.3) is 0 Å². The number of piperidine rings is 1. The SMILES string of the molecule is CCOC(=O)C(C)(C)OC1CCCN(CCC(=O)O)C1. The number of esters is 1. The highest BCUT2D eigenvalue weighted by Gasteiger charge is 2.34. The molecule has 1 aliphatic heterocycles. The first kappa shape index (κ1) is 16.9. The van der Waals surface area contributed by atoms with E-state index in [1.165, 1.54) is 0 Å². The van der Waals surface area contributed by atoms with Gasteiger partial charge in [-0.2, -0.15) is 0 Å². The Kier molecular flexibility index (Phi) is 6.42. The lowest BCUT2D eigenvalue weighted by Crippen LogP contribution is -2.47. The Morgan fingerprint density at radius 3 is 2.70 bits per heavy atom. The van der Waals surface area contributed by atoms with Crippen molar-refractivity contribution in [1.29, 1.82) is 0 Å². The minimum Gasteiger partial charge on any atom is -0.481 e. The van der Waals surface area contributed by atoms with Crippen LogP contribution in [0.4, 0.5) is 0 Å². The second-order valence-corrected chi connectivity index (χ2v) is 5.56. The highest BCUT2D eigenvalue weighted by atomic mass is 16.6. The molecule has 1 unspecified atom stereocenters. The van der Waals surface area contributed by atoms with Crippen molar-refractivity contribution in [3.05, 3.63) is 0 Å². The maximum absolute atomic E-state index is 11.8. The van der Waals surface area contributed by atoms with Crippen LogP contribution in [-0.2, 0) is 19.1 Å². The number of carboxylic acids is 1. The van der Waals surface area contributed by atoms with Crippen molar-refractivity contribution in [1.82, 2.24) is 4.90 Å². The van der Waals surface area contributed by atoms with Crippen LogP contribution in [0.5, 0.6) is 0 Å². The van der Waals surface area contributed by atoms with E-state index < -0.39 is 11.6 Å². The van der Waals surface area contributed by atoms with Gasteiger partial charge in [0.05, 0.1) is 19.1 Å². The van der Waals surface area contributed by atoms with Crippen LogP contribution in [0, 0.1) is 0 Å². The van der Waals surface area contributed by atoms with Crippen LogP contribution in [0.15, 0.2) is 0 Å². The number of carbonyl (C=O) groups excluding carboxylic acids is 1. The molecule has 0 aliphatic carbocycles. The van der Waals surface area contributed by atoms with Crippen molar-refractivity contribution in [2.24, 2.45) is 0 Å². The van der Waals surface area contributed by atoms with E-state index in [2.05, 4.69) is 4.90 Å². The fourth-order valence-electron chi connectivity index (χ4n) is 2.34. The maximum Gasteiger partial charge on any atom is 0.337 e. The van der Waals surface area contributed by atoms with Crippen molar-refractivity contribution in [3.8, 4) is 0 Å². The molecule has 1 heterocycles. The molecule has 6 heteroatoms. The average molecular weight is 287 g/mol. The smallest absolute Gasteiger partial charge is 0.337 e. The van der Waals surface area contributed by atoms with E-state index in [1.807, 2.05) is 0 Å². The molecule has 0 aromatic heterocycles. The van der Waals surface area contributed by atoms with Gasteiger partial charge in [-0.3, -0.25) is 4.79 Å². The van der Waals surface area contributed by atoms with Crippen molar-refractivity contribution in [2.45, 2.75) is 51.7 Å². The number of nitrogens with zero attached hydrogens (tertiary/aromatic N) is 1. The minimum absolute atomic E-state index is 0.0584. The molecule has 1 rings (SSSR count). The molecule has 0 saturated carbocycles. The summed E-state index contributed by atoms with van der Waals surface area (Å²) in [6.07, 6.45) is 1.90. The van der Waals surface area contributed by atoms with Crippen LogP contribution >= 0.6 is 0 Å². The first-order valence-electron chi connectivity index (χ1n) is 7.14. The summed E-state index contributed by atoms with van der Waals surface area (Å²) < 4.78 is 10.9. The standard InChI is InChI=1S/C14H25NO5/c1-4-19-13(18)14(2,3)20-11-6-5-8-15(10-11)9-7-12(16)17/h11H,4-10H2,1-3H3,(H,16,17). The molecule has 1 aliphatic rings. The molecular weight excluding hydrogens is 262 g/mol. The summed E-state index contributed by atoms with van der Waals surface area (Å²) in [5.74, 6) is -1.15. The number of ether oxygens (including phenoxy) is 2. The third kappa shape index (κ3) is 5.46. The van der Waals surface area contributed by atoms with Gasteiger partial charge >= 0.3 is 11.9 Å². The van der Waals surface area contributed by atoms with Crippen molar-refractivity contribution in [3.63, 3.8) is 0 Å². The second kappa shape index (κ2) is 7.59. The number of carbonyl (C=O) groups is 2. The Morgan fingerprint density at radius 2 is 2.10 bits per heavy atom. The zero-order valence-corrected chi connectivity index (χ0v) is 12.6. The van der Waals surface area contributed by atoms with E-state index in [0.29, 0.717) is 19.7 Å². The molecule has 1 saturated heterocycles. The Hall–Kier alpha value is -1.14. The van der Waals surface area contributed by atoms with Crippen LogP contribution < -0.4 is 0 Å². The van der Waals surface area contributed by atoms with Gasteiger partial charge in [0.25, 0.3) is 0 Å². The van der Waals surface area contributed by atoms with Gasteiger partial charge in [-0.05, 0) is 40.2 Å². The molecule has 0 amide bonds. The van der Waals surface area contributed by atoms with Crippen molar-refractivity contribution in [2.75, 3.05) is 26.2 Å². The average Bonchev–Trinajstić information content (AvgIpc) is 2.36. The van der Waals surface area contributed by atoms with Gasteiger partial charge in [0, 0.05) is 13.1 Å². The van der Waals surface area contributed by atoms with E-state index in [1.54, 1.807) is 20.8 Å². The number of rotatable bonds is 7. The van der Waals surface area contributed by atoms with Gasteiger partial charge in [0.2, 0.25) is 0 Å².